The fourth-order valence-electron chi connectivity index (χ4n) is 4.49. The maximum atomic E-state index is 13.9. The number of alkyl halides is 2. The Hall–Kier alpha value is -3.01. The topological polar surface area (TPSA) is 67.4 Å². The summed E-state index contributed by atoms with van der Waals surface area (Å²) < 4.78 is 34.6. The number of aromatic nitrogens is 3. The molecule has 0 saturated carbocycles. The minimum absolute atomic E-state index is 0.0926. The highest BCUT2D eigenvalue weighted by atomic mass is 35.5. The van der Waals surface area contributed by atoms with Crippen LogP contribution >= 0.6 is 23.2 Å². The zero-order valence-electron chi connectivity index (χ0n) is 19.4. The monoisotopic (exact) mass is 533 g/mol. The number of benzene rings is 1. The van der Waals surface area contributed by atoms with E-state index in [0.29, 0.717) is 54.2 Å². The van der Waals surface area contributed by atoms with Crippen LogP contribution in [0.25, 0.3) is 22.5 Å². The Morgan fingerprint density at radius 3 is 2.58 bits per heavy atom. The Bertz CT molecular complexity index is 1400. The van der Waals surface area contributed by atoms with Crippen LogP contribution in [0.15, 0.2) is 47.1 Å². The molecule has 1 aromatic carbocycles. The Labute approximate surface area is 216 Å². The van der Waals surface area contributed by atoms with Crippen molar-refractivity contribution in [2.45, 2.75) is 26.4 Å². The SMILES string of the molecule is Cc1nn(CC(=O)N2CCN(Cc3ccc(Cl)cc3Cl)CC2)c2nc(-c3ccco3)cc(C(F)F)c12. The fourth-order valence-corrected chi connectivity index (χ4v) is 4.96. The number of hydrogen-bond acceptors (Lipinski definition) is 5. The third kappa shape index (κ3) is 4.96. The molecular formula is C25H23Cl2F2N5O2. The van der Waals surface area contributed by atoms with E-state index < -0.39 is 6.43 Å². The smallest absolute Gasteiger partial charge is 0.264 e. The molecule has 0 bridgehead atoms. The van der Waals surface area contributed by atoms with Gasteiger partial charge in [-0.1, -0.05) is 29.3 Å². The Balaban J connectivity index is 1.32. The molecule has 0 atom stereocenters. The molecular weight excluding hydrogens is 511 g/mol. The molecule has 4 aromatic rings. The van der Waals surface area contributed by atoms with Gasteiger partial charge >= 0.3 is 0 Å². The number of piperazine rings is 1. The van der Waals surface area contributed by atoms with Crippen molar-refractivity contribution in [2.24, 2.45) is 0 Å². The van der Waals surface area contributed by atoms with Crippen molar-refractivity contribution in [1.82, 2.24) is 24.6 Å². The van der Waals surface area contributed by atoms with Gasteiger partial charge < -0.3 is 9.32 Å². The van der Waals surface area contributed by atoms with E-state index in [9.17, 15) is 13.6 Å². The molecule has 7 nitrogen and oxygen atoms in total. The van der Waals surface area contributed by atoms with Crippen LogP contribution in [0.3, 0.4) is 0 Å². The number of fused-ring (bicyclic) bond motifs is 1. The number of furan rings is 1. The van der Waals surface area contributed by atoms with Gasteiger partial charge in [0.15, 0.2) is 11.4 Å². The third-order valence-electron chi connectivity index (χ3n) is 6.34. The standard InChI is InChI=1S/C25H23Cl2F2N5O2/c1-15-23-18(24(28)29)12-20(21-3-2-10-36-21)30-25(23)34(31-15)14-22(35)33-8-6-32(7-9-33)13-16-4-5-17(26)11-19(16)27/h2-5,10-12,24H,6-9,13-14H2,1H3. The summed E-state index contributed by atoms with van der Waals surface area (Å²) in [5.74, 6) is 0.222. The van der Waals surface area contributed by atoms with E-state index in [2.05, 4.69) is 15.0 Å². The molecule has 1 aliphatic rings. The number of nitrogens with zero attached hydrogens (tertiary/aromatic N) is 5. The van der Waals surface area contributed by atoms with Crippen LogP contribution in [0.5, 0.6) is 0 Å². The molecule has 0 N–H and O–H groups in total. The molecule has 188 valence electrons. The molecule has 11 heteroatoms. The minimum atomic E-state index is -2.72. The van der Waals surface area contributed by atoms with Crippen molar-refractivity contribution in [3.8, 4) is 11.5 Å². The van der Waals surface area contributed by atoms with Gasteiger partial charge in [0.25, 0.3) is 6.43 Å². The third-order valence-corrected chi connectivity index (χ3v) is 6.92. The molecule has 0 spiro atoms. The summed E-state index contributed by atoms with van der Waals surface area (Å²) in [6, 6.07) is 10.1. The van der Waals surface area contributed by atoms with Crippen LogP contribution in [0.2, 0.25) is 10.0 Å². The molecule has 0 aliphatic carbocycles. The molecule has 1 amide bonds. The maximum absolute atomic E-state index is 13.9. The Morgan fingerprint density at radius 1 is 1.14 bits per heavy atom. The summed E-state index contributed by atoms with van der Waals surface area (Å²) in [6.07, 6.45) is -1.27. The van der Waals surface area contributed by atoms with Gasteiger partial charge in [-0.2, -0.15) is 5.10 Å². The maximum Gasteiger partial charge on any atom is 0.264 e. The molecule has 0 unspecified atom stereocenters. The minimum Gasteiger partial charge on any atom is -0.463 e. The normalized spacial score (nSPS) is 14.8. The summed E-state index contributed by atoms with van der Waals surface area (Å²) in [6.45, 7) is 4.65. The van der Waals surface area contributed by atoms with E-state index in [1.54, 1.807) is 30.0 Å². The van der Waals surface area contributed by atoms with Crippen molar-refractivity contribution in [3.05, 3.63) is 69.5 Å². The molecule has 1 fully saturated rings. The Kier molecular flexibility index (Phi) is 6.96. The van der Waals surface area contributed by atoms with E-state index in [1.807, 2.05) is 12.1 Å². The van der Waals surface area contributed by atoms with Crippen molar-refractivity contribution in [2.75, 3.05) is 26.2 Å². The summed E-state index contributed by atoms with van der Waals surface area (Å²) in [5.41, 5.74) is 1.70. The van der Waals surface area contributed by atoms with Gasteiger partial charge in [0.05, 0.1) is 17.3 Å². The predicted molar refractivity (Wildman–Crippen MR) is 133 cm³/mol. The van der Waals surface area contributed by atoms with Gasteiger partial charge in [0.2, 0.25) is 5.91 Å². The molecule has 1 saturated heterocycles. The van der Waals surface area contributed by atoms with Crippen LogP contribution in [0.4, 0.5) is 8.78 Å². The number of aryl methyl sites for hydroxylation is 1. The van der Waals surface area contributed by atoms with Crippen molar-refractivity contribution < 1.29 is 18.0 Å². The lowest BCUT2D eigenvalue weighted by Gasteiger charge is -2.35. The first-order chi connectivity index (χ1) is 17.3. The molecule has 4 heterocycles. The highest BCUT2D eigenvalue weighted by Gasteiger charge is 2.25. The molecule has 1 aliphatic heterocycles. The average Bonchev–Trinajstić information content (AvgIpc) is 3.49. The van der Waals surface area contributed by atoms with E-state index >= 15 is 0 Å². The van der Waals surface area contributed by atoms with Gasteiger partial charge in [-0.05, 0) is 42.8 Å². The van der Waals surface area contributed by atoms with Crippen LogP contribution in [-0.2, 0) is 17.9 Å². The summed E-state index contributed by atoms with van der Waals surface area (Å²) in [4.78, 5) is 21.6. The zero-order chi connectivity index (χ0) is 25.4. The quantitative estimate of drug-likeness (QED) is 0.323. The van der Waals surface area contributed by atoms with E-state index in [4.69, 9.17) is 27.6 Å². The van der Waals surface area contributed by atoms with E-state index in [-0.39, 0.29) is 34.7 Å². The Morgan fingerprint density at radius 2 is 1.92 bits per heavy atom. The summed E-state index contributed by atoms with van der Waals surface area (Å²) >= 11 is 12.3. The first-order valence-electron chi connectivity index (χ1n) is 11.4. The van der Waals surface area contributed by atoms with Crippen LogP contribution < -0.4 is 0 Å². The second kappa shape index (κ2) is 10.2. The van der Waals surface area contributed by atoms with Crippen molar-refractivity contribution in [1.29, 1.82) is 0 Å². The fraction of sp³-hybridized carbons (Fsp3) is 0.320. The van der Waals surface area contributed by atoms with Gasteiger partial charge in [0, 0.05) is 48.3 Å². The second-order valence-electron chi connectivity index (χ2n) is 8.71. The second-order valence-corrected chi connectivity index (χ2v) is 9.55. The largest absolute Gasteiger partial charge is 0.463 e. The van der Waals surface area contributed by atoms with Crippen LogP contribution in [-0.4, -0.2) is 56.7 Å². The highest BCUT2D eigenvalue weighted by Crippen LogP contribution is 2.33. The van der Waals surface area contributed by atoms with Gasteiger partial charge in [0.1, 0.15) is 12.2 Å². The lowest BCUT2D eigenvalue weighted by Crippen LogP contribution is -2.49. The van der Waals surface area contributed by atoms with Gasteiger partial charge in [-0.25, -0.2) is 18.4 Å². The zero-order valence-corrected chi connectivity index (χ0v) is 20.9. The lowest BCUT2D eigenvalue weighted by atomic mass is 10.1. The molecule has 3 aromatic heterocycles. The first kappa shape index (κ1) is 24.7. The van der Waals surface area contributed by atoms with Crippen LogP contribution in [0, 0.1) is 6.92 Å². The summed E-state index contributed by atoms with van der Waals surface area (Å²) in [7, 11) is 0. The predicted octanol–water partition coefficient (Wildman–Crippen LogP) is 5.59. The lowest BCUT2D eigenvalue weighted by molar-refractivity contribution is -0.133. The van der Waals surface area contributed by atoms with E-state index in [0.717, 1.165) is 5.56 Å². The van der Waals surface area contributed by atoms with Gasteiger partial charge in [-0.15, -0.1) is 0 Å². The van der Waals surface area contributed by atoms with Crippen molar-refractivity contribution >= 4 is 40.1 Å². The van der Waals surface area contributed by atoms with E-state index in [1.165, 1.54) is 17.0 Å². The highest BCUT2D eigenvalue weighted by molar-refractivity contribution is 6.35. The molecule has 5 rings (SSSR count). The first-order valence-corrected chi connectivity index (χ1v) is 12.2. The van der Waals surface area contributed by atoms with Gasteiger partial charge in [-0.3, -0.25) is 9.69 Å². The summed E-state index contributed by atoms with van der Waals surface area (Å²) in [5, 5.41) is 5.85. The van der Waals surface area contributed by atoms with Crippen LogP contribution in [0.1, 0.15) is 23.2 Å². The number of carbonyl (C=O) groups excluding carboxylic acids is 1. The number of amides is 1. The molecule has 0 radical (unpaired) electrons. The number of rotatable bonds is 6. The average molecular weight is 534 g/mol. The molecule has 36 heavy (non-hydrogen) atoms. The number of halogens is 4. The number of carbonyl (C=O) groups is 1. The number of hydrogen-bond donors (Lipinski definition) is 0. The number of pyridine rings is 1. The van der Waals surface area contributed by atoms with Crippen molar-refractivity contribution in [3.63, 3.8) is 0 Å².